The SMILES string of the molecule is CC(=O)N1CCN(C(=O)c2ccc(NCc3ccc(Cl)cc3)nc2)CC1. The van der Waals surface area contributed by atoms with Gasteiger partial charge < -0.3 is 15.1 Å². The smallest absolute Gasteiger partial charge is 0.255 e. The van der Waals surface area contributed by atoms with Crippen molar-refractivity contribution in [1.82, 2.24) is 14.8 Å². The van der Waals surface area contributed by atoms with Gasteiger partial charge in [-0.3, -0.25) is 9.59 Å². The maximum atomic E-state index is 12.5. The van der Waals surface area contributed by atoms with Gasteiger partial charge in [0.15, 0.2) is 0 Å². The molecule has 7 heteroatoms. The number of carbonyl (C=O) groups excluding carboxylic acids is 2. The maximum Gasteiger partial charge on any atom is 0.255 e. The zero-order chi connectivity index (χ0) is 18.5. The van der Waals surface area contributed by atoms with Crippen LogP contribution in [0, 0.1) is 0 Å². The Kier molecular flexibility index (Phi) is 5.73. The fourth-order valence-corrected chi connectivity index (χ4v) is 2.95. The van der Waals surface area contributed by atoms with Crippen LogP contribution in [-0.4, -0.2) is 52.8 Å². The number of rotatable bonds is 4. The highest BCUT2D eigenvalue weighted by molar-refractivity contribution is 6.30. The Hall–Kier alpha value is -2.60. The van der Waals surface area contributed by atoms with Gasteiger partial charge in [0.1, 0.15) is 5.82 Å². The summed E-state index contributed by atoms with van der Waals surface area (Å²) in [5.41, 5.74) is 1.65. The number of benzene rings is 1. The summed E-state index contributed by atoms with van der Waals surface area (Å²) in [6, 6.07) is 11.2. The maximum absolute atomic E-state index is 12.5. The van der Waals surface area contributed by atoms with E-state index in [1.165, 1.54) is 0 Å². The Balaban J connectivity index is 1.54. The molecule has 1 aromatic heterocycles. The van der Waals surface area contributed by atoms with Gasteiger partial charge in [-0.15, -0.1) is 0 Å². The second-order valence-electron chi connectivity index (χ2n) is 6.21. The monoisotopic (exact) mass is 372 g/mol. The minimum absolute atomic E-state index is 0.0508. The third-order valence-corrected chi connectivity index (χ3v) is 4.66. The molecule has 2 heterocycles. The molecule has 136 valence electrons. The zero-order valence-electron chi connectivity index (χ0n) is 14.6. The van der Waals surface area contributed by atoms with Gasteiger partial charge in [0, 0.05) is 50.9 Å². The van der Waals surface area contributed by atoms with Crippen LogP contribution in [0.1, 0.15) is 22.8 Å². The first-order valence-electron chi connectivity index (χ1n) is 8.52. The first-order valence-corrected chi connectivity index (χ1v) is 8.90. The molecule has 1 aromatic carbocycles. The van der Waals surface area contributed by atoms with Crippen LogP contribution in [-0.2, 0) is 11.3 Å². The van der Waals surface area contributed by atoms with Gasteiger partial charge in [0.2, 0.25) is 5.91 Å². The van der Waals surface area contributed by atoms with Crippen LogP contribution in [0.5, 0.6) is 0 Å². The lowest BCUT2D eigenvalue weighted by atomic mass is 10.2. The van der Waals surface area contributed by atoms with Crippen molar-refractivity contribution in [3.63, 3.8) is 0 Å². The summed E-state index contributed by atoms with van der Waals surface area (Å²) in [6.07, 6.45) is 1.59. The number of nitrogens with one attached hydrogen (secondary N) is 1. The van der Waals surface area contributed by atoms with Gasteiger partial charge >= 0.3 is 0 Å². The number of nitrogens with zero attached hydrogens (tertiary/aromatic N) is 3. The molecule has 0 spiro atoms. The molecule has 1 fully saturated rings. The van der Waals surface area contributed by atoms with Crippen molar-refractivity contribution >= 4 is 29.2 Å². The lowest BCUT2D eigenvalue weighted by molar-refractivity contribution is -0.130. The quantitative estimate of drug-likeness (QED) is 0.896. The molecule has 2 aromatic rings. The Morgan fingerprint density at radius 1 is 1.04 bits per heavy atom. The van der Waals surface area contributed by atoms with Crippen molar-refractivity contribution in [2.24, 2.45) is 0 Å². The number of anilines is 1. The van der Waals surface area contributed by atoms with Crippen LogP contribution in [0.25, 0.3) is 0 Å². The van der Waals surface area contributed by atoms with Crippen molar-refractivity contribution in [2.75, 3.05) is 31.5 Å². The van der Waals surface area contributed by atoms with Crippen LogP contribution in [0.2, 0.25) is 5.02 Å². The van der Waals surface area contributed by atoms with Crippen molar-refractivity contribution < 1.29 is 9.59 Å². The number of pyridine rings is 1. The van der Waals surface area contributed by atoms with E-state index in [1.807, 2.05) is 24.3 Å². The number of hydrogen-bond donors (Lipinski definition) is 1. The van der Waals surface area contributed by atoms with Gasteiger partial charge in [0.05, 0.1) is 5.56 Å². The zero-order valence-corrected chi connectivity index (χ0v) is 15.4. The summed E-state index contributed by atoms with van der Waals surface area (Å²) >= 11 is 5.88. The van der Waals surface area contributed by atoms with Crippen LogP contribution in [0.3, 0.4) is 0 Å². The summed E-state index contributed by atoms with van der Waals surface area (Å²) in [7, 11) is 0. The number of hydrogen-bond acceptors (Lipinski definition) is 4. The molecular weight excluding hydrogens is 352 g/mol. The fourth-order valence-electron chi connectivity index (χ4n) is 2.83. The first kappa shape index (κ1) is 18.2. The number of piperazine rings is 1. The minimum Gasteiger partial charge on any atom is -0.366 e. The minimum atomic E-state index is -0.0510. The summed E-state index contributed by atoms with van der Waals surface area (Å²) in [5, 5.41) is 3.93. The second kappa shape index (κ2) is 8.19. The van der Waals surface area contributed by atoms with E-state index < -0.39 is 0 Å². The van der Waals surface area contributed by atoms with E-state index >= 15 is 0 Å². The summed E-state index contributed by atoms with van der Waals surface area (Å²) in [6.45, 7) is 4.44. The van der Waals surface area contributed by atoms with Gasteiger partial charge in [-0.1, -0.05) is 23.7 Å². The van der Waals surface area contributed by atoms with E-state index in [4.69, 9.17) is 11.6 Å². The van der Waals surface area contributed by atoms with E-state index in [1.54, 1.807) is 35.1 Å². The third-order valence-electron chi connectivity index (χ3n) is 4.41. The van der Waals surface area contributed by atoms with E-state index in [9.17, 15) is 9.59 Å². The third kappa shape index (κ3) is 4.52. The van der Waals surface area contributed by atoms with Gasteiger partial charge in [0.25, 0.3) is 5.91 Å². The van der Waals surface area contributed by atoms with Crippen molar-refractivity contribution in [3.05, 3.63) is 58.7 Å². The molecule has 1 aliphatic heterocycles. The Morgan fingerprint density at radius 3 is 2.27 bits per heavy atom. The molecule has 26 heavy (non-hydrogen) atoms. The highest BCUT2D eigenvalue weighted by atomic mass is 35.5. The molecule has 0 unspecified atom stereocenters. The molecule has 0 radical (unpaired) electrons. The summed E-state index contributed by atoms with van der Waals surface area (Å²) in [5.74, 6) is 0.706. The fraction of sp³-hybridized carbons (Fsp3) is 0.316. The number of carbonyl (C=O) groups is 2. The molecule has 6 nitrogen and oxygen atoms in total. The van der Waals surface area contributed by atoms with Crippen LogP contribution in [0.15, 0.2) is 42.6 Å². The Morgan fingerprint density at radius 2 is 1.69 bits per heavy atom. The summed E-state index contributed by atoms with van der Waals surface area (Å²) in [4.78, 5) is 31.7. The van der Waals surface area contributed by atoms with Crippen molar-refractivity contribution in [3.8, 4) is 0 Å². The normalized spacial score (nSPS) is 14.2. The second-order valence-corrected chi connectivity index (χ2v) is 6.65. The topological polar surface area (TPSA) is 65.5 Å². The van der Waals surface area contributed by atoms with E-state index in [0.717, 1.165) is 5.56 Å². The largest absolute Gasteiger partial charge is 0.366 e. The lowest BCUT2D eigenvalue weighted by Crippen LogP contribution is -2.50. The Labute approximate surface area is 157 Å². The van der Waals surface area contributed by atoms with E-state index in [-0.39, 0.29) is 11.8 Å². The van der Waals surface area contributed by atoms with Crippen LogP contribution in [0.4, 0.5) is 5.82 Å². The van der Waals surface area contributed by atoms with Crippen LogP contribution >= 0.6 is 11.6 Å². The highest BCUT2D eigenvalue weighted by Gasteiger charge is 2.23. The number of amides is 2. The molecule has 0 saturated carbocycles. The molecule has 1 aliphatic rings. The average Bonchev–Trinajstić information content (AvgIpc) is 2.67. The molecule has 1 saturated heterocycles. The average molecular weight is 373 g/mol. The predicted octanol–water partition coefficient (Wildman–Crippen LogP) is 2.65. The first-order chi connectivity index (χ1) is 12.5. The number of halogens is 1. The molecule has 3 rings (SSSR count). The summed E-state index contributed by atoms with van der Waals surface area (Å²) < 4.78 is 0. The molecule has 0 bridgehead atoms. The van der Waals surface area contributed by atoms with Gasteiger partial charge in [-0.05, 0) is 29.8 Å². The molecular formula is C19H21ClN4O2. The van der Waals surface area contributed by atoms with Gasteiger partial charge in [-0.2, -0.15) is 0 Å². The molecule has 0 atom stereocenters. The van der Waals surface area contributed by atoms with E-state index in [2.05, 4.69) is 10.3 Å². The number of aromatic nitrogens is 1. The molecule has 2 amide bonds. The molecule has 1 N–H and O–H groups in total. The standard InChI is InChI=1S/C19H21ClN4O2/c1-14(25)23-8-10-24(11-9-23)19(26)16-4-7-18(22-13-16)21-12-15-2-5-17(20)6-3-15/h2-7,13H,8-12H2,1H3,(H,21,22). The lowest BCUT2D eigenvalue weighted by Gasteiger charge is -2.34. The van der Waals surface area contributed by atoms with E-state index in [0.29, 0.717) is 49.1 Å². The van der Waals surface area contributed by atoms with Crippen molar-refractivity contribution in [1.29, 1.82) is 0 Å². The molecule has 0 aliphatic carbocycles. The Bertz CT molecular complexity index is 769. The van der Waals surface area contributed by atoms with Gasteiger partial charge in [-0.25, -0.2) is 4.98 Å². The van der Waals surface area contributed by atoms with Crippen LogP contribution < -0.4 is 5.32 Å². The van der Waals surface area contributed by atoms with Crippen molar-refractivity contribution in [2.45, 2.75) is 13.5 Å². The predicted molar refractivity (Wildman–Crippen MR) is 101 cm³/mol. The highest BCUT2D eigenvalue weighted by Crippen LogP contribution is 2.13.